The third kappa shape index (κ3) is 2.33. The number of carbonyl (C=O) groups excluding carboxylic acids is 1. The van der Waals surface area contributed by atoms with E-state index in [0.717, 1.165) is 23.8 Å². The fourth-order valence-electron chi connectivity index (χ4n) is 3.19. The van der Waals surface area contributed by atoms with Gasteiger partial charge in [-0.15, -0.1) is 0 Å². The summed E-state index contributed by atoms with van der Waals surface area (Å²) in [4.78, 5) is 15.9. The molecular weight excluding hydrogens is 307 g/mol. The lowest BCUT2D eigenvalue weighted by atomic mass is 9.94. The molecular formula is C19H17FN2O2. The number of nitrogens with one attached hydrogen (secondary N) is 2. The molecule has 1 aromatic heterocycles. The van der Waals surface area contributed by atoms with Crippen LogP contribution in [0, 0.1) is 5.82 Å². The zero-order valence-corrected chi connectivity index (χ0v) is 13.2. The van der Waals surface area contributed by atoms with E-state index in [4.69, 9.17) is 4.74 Å². The molecule has 0 radical (unpaired) electrons. The monoisotopic (exact) mass is 324 g/mol. The van der Waals surface area contributed by atoms with Gasteiger partial charge in [-0.3, -0.25) is 4.79 Å². The fourth-order valence-corrected chi connectivity index (χ4v) is 3.19. The highest BCUT2D eigenvalue weighted by atomic mass is 19.1. The number of methoxy groups -OCH3 is 1. The van der Waals surface area contributed by atoms with Gasteiger partial charge in [0.05, 0.1) is 12.5 Å². The van der Waals surface area contributed by atoms with Gasteiger partial charge in [-0.1, -0.05) is 6.07 Å². The fraction of sp³-hybridized carbons (Fsp3) is 0.211. The van der Waals surface area contributed by atoms with Gasteiger partial charge in [0, 0.05) is 28.9 Å². The van der Waals surface area contributed by atoms with Gasteiger partial charge in [0.1, 0.15) is 11.6 Å². The van der Waals surface area contributed by atoms with Crippen LogP contribution in [-0.4, -0.2) is 18.0 Å². The number of rotatable bonds is 4. The number of ether oxygens (including phenoxy) is 1. The maximum absolute atomic E-state index is 13.4. The van der Waals surface area contributed by atoms with Gasteiger partial charge >= 0.3 is 0 Å². The van der Waals surface area contributed by atoms with Crippen LogP contribution in [0.3, 0.4) is 0 Å². The molecule has 3 aromatic rings. The summed E-state index contributed by atoms with van der Waals surface area (Å²) in [5, 5.41) is 3.87. The number of aromatic amines is 1. The van der Waals surface area contributed by atoms with E-state index in [1.165, 1.54) is 12.1 Å². The zero-order chi connectivity index (χ0) is 16.7. The molecule has 24 heavy (non-hydrogen) atoms. The summed E-state index contributed by atoms with van der Waals surface area (Å²) >= 11 is 0. The highest BCUT2D eigenvalue weighted by Crippen LogP contribution is 2.51. The van der Waals surface area contributed by atoms with Crippen molar-refractivity contribution in [1.29, 1.82) is 0 Å². The predicted molar refractivity (Wildman–Crippen MR) is 90.8 cm³/mol. The largest absolute Gasteiger partial charge is 0.497 e. The number of amides is 1. The van der Waals surface area contributed by atoms with E-state index in [1.54, 1.807) is 19.2 Å². The van der Waals surface area contributed by atoms with Crippen LogP contribution in [0.4, 0.5) is 10.1 Å². The Morgan fingerprint density at radius 2 is 2.08 bits per heavy atom. The van der Waals surface area contributed by atoms with Crippen LogP contribution in [0.1, 0.15) is 18.4 Å². The Labute approximate surface area is 138 Å². The Balaban J connectivity index is 1.65. The standard InChI is InChI=1S/C19H17FN2O2/c1-24-14-4-2-3-13(10-14)22-18(23)19(7-8-19)16-11-21-17-9-12(20)5-6-15(16)17/h2-6,9-11,21H,7-8H2,1H3,(H,22,23). The van der Waals surface area contributed by atoms with Crippen molar-refractivity contribution in [2.75, 3.05) is 12.4 Å². The summed E-state index contributed by atoms with van der Waals surface area (Å²) in [6, 6.07) is 11.9. The van der Waals surface area contributed by atoms with Crippen molar-refractivity contribution in [3.63, 3.8) is 0 Å². The number of halogens is 1. The van der Waals surface area contributed by atoms with Crippen molar-refractivity contribution in [3.8, 4) is 5.75 Å². The smallest absolute Gasteiger partial charge is 0.235 e. The van der Waals surface area contributed by atoms with Gasteiger partial charge in [0.2, 0.25) is 5.91 Å². The first-order valence-electron chi connectivity index (χ1n) is 7.85. The van der Waals surface area contributed by atoms with Crippen molar-refractivity contribution >= 4 is 22.5 Å². The molecule has 0 aliphatic heterocycles. The second-order valence-corrected chi connectivity index (χ2v) is 6.16. The van der Waals surface area contributed by atoms with Crippen LogP contribution in [0.2, 0.25) is 0 Å². The molecule has 0 atom stereocenters. The minimum atomic E-state index is -0.543. The van der Waals surface area contributed by atoms with Crippen molar-refractivity contribution in [3.05, 3.63) is 60.0 Å². The molecule has 0 bridgehead atoms. The van der Waals surface area contributed by atoms with Crippen LogP contribution < -0.4 is 10.1 Å². The van der Waals surface area contributed by atoms with Gasteiger partial charge in [0.25, 0.3) is 0 Å². The Morgan fingerprint density at radius 3 is 2.83 bits per heavy atom. The number of benzene rings is 2. The number of H-pyrrole nitrogens is 1. The van der Waals surface area contributed by atoms with Crippen LogP contribution >= 0.6 is 0 Å². The molecule has 122 valence electrons. The quantitative estimate of drug-likeness (QED) is 0.762. The van der Waals surface area contributed by atoms with E-state index in [9.17, 15) is 9.18 Å². The first kappa shape index (κ1) is 14.8. The topological polar surface area (TPSA) is 54.1 Å². The highest BCUT2D eigenvalue weighted by Gasteiger charge is 2.52. The minimum absolute atomic E-state index is 0.0408. The van der Waals surface area contributed by atoms with Crippen LogP contribution in [0.5, 0.6) is 5.75 Å². The van der Waals surface area contributed by atoms with Gasteiger partial charge in [-0.2, -0.15) is 0 Å². The first-order valence-corrected chi connectivity index (χ1v) is 7.85. The molecule has 1 fully saturated rings. The number of aromatic nitrogens is 1. The number of carbonyl (C=O) groups is 1. The number of hydrogen-bond acceptors (Lipinski definition) is 2. The van der Waals surface area contributed by atoms with Gasteiger partial charge in [-0.05, 0) is 48.7 Å². The normalized spacial score (nSPS) is 15.2. The molecule has 1 heterocycles. The van der Waals surface area contributed by atoms with E-state index in [0.29, 0.717) is 17.0 Å². The van der Waals surface area contributed by atoms with Crippen LogP contribution in [0.15, 0.2) is 48.7 Å². The third-order valence-corrected chi connectivity index (χ3v) is 4.67. The predicted octanol–water partition coefficient (Wildman–Crippen LogP) is 3.99. The molecule has 1 aliphatic carbocycles. The van der Waals surface area contributed by atoms with Crippen molar-refractivity contribution in [2.24, 2.45) is 0 Å². The Morgan fingerprint density at radius 1 is 1.25 bits per heavy atom. The zero-order valence-electron chi connectivity index (χ0n) is 13.2. The molecule has 5 heteroatoms. The summed E-state index contributed by atoms with van der Waals surface area (Å²) < 4.78 is 18.6. The summed E-state index contributed by atoms with van der Waals surface area (Å²) in [5.41, 5.74) is 1.80. The SMILES string of the molecule is COc1cccc(NC(=O)C2(c3c[nH]c4cc(F)ccc34)CC2)c1. The summed E-state index contributed by atoms with van der Waals surface area (Å²) in [5.74, 6) is 0.364. The molecule has 2 N–H and O–H groups in total. The Bertz CT molecular complexity index is 928. The van der Waals surface area contributed by atoms with Gasteiger partial charge < -0.3 is 15.0 Å². The Hall–Kier alpha value is -2.82. The maximum atomic E-state index is 13.4. The average molecular weight is 324 g/mol. The van der Waals surface area contributed by atoms with Crippen molar-refractivity contribution in [2.45, 2.75) is 18.3 Å². The molecule has 4 nitrogen and oxygen atoms in total. The van der Waals surface area contributed by atoms with E-state index >= 15 is 0 Å². The minimum Gasteiger partial charge on any atom is -0.497 e. The molecule has 4 rings (SSSR count). The van der Waals surface area contributed by atoms with Crippen LogP contribution in [0.25, 0.3) is 10.9 Å². The summed E-state index contributed by atoms with van der Waals surface area (Å²) in [7, 11) is 1.59. The average Bonchev–Trinajstić information content (AvgIpc) is 3.29. The lowest BCUT2D eigenvalue weighted by Crippen LogP contribution is -2.27. The molecule has 0 spiro atoms. The molecule has 1 saturated carbocycles. The van der Waals surface area contributed by atoms with Crippen molar-refractivity contribution < 1.29 is 13.9 Å². The Kier molecular flexibility index (Phi) is 3.30. The number of fused-ring (bicyclic) bond motifs is 1. The molecule has 0 saturated heterocycles. The van der Waals surface area contributed by atoms with E-state index in [1.807, 2.05) is 24.4 Å². The highest BCUT2D eigenvalue weighted by molar-refractivity contribution is 6.04. The van der Waals surface area contributed by atoms with E-state index in [-0.39, 0.29) is 11.7 Å². The number of hydrogen-bond donors (Lipinski definition) is 2. The second-order valence-electron chi connectivity index (χ2n) is 6.16. The van der Waals surface area contributed by atoms with Crippen molar-refractivity contribution in [1.82, 2.24) is 4.98 Å². The molecule has 2 aromatic carbocycles. The number of anilines is 1. The van der Waals surface area contributed by atoms with Crippen LogP contribution in [-0.2, 0) is 10.2 Å². The lowest BCUT2D eigenvalue weighted by Gasteiger charge is -2.15. The first-order chi connectivity index (χ1) is 11.6. The molecule has 1 amide bonds. The van der Waals surface area contributed by atoms with E-state index < -0.39 is 5.41 Å². The summed E-state index contributed by atoms with van der Waals surface area (Å²) in [6.07, 6.45) is 3.39. The third-order valence-electron chi connectivity index (χ3n) is 4.67. The maximum Gasteiger partial charge on any atom is 0.235 e. The molecule has 1 aliphatic rings. The van der Waals surface area contributed by atoms with Gasteiger partial charge in [-0.25, -0.2) is 4.39 Å². The van der Waals surface area contributed by atoms with E-state index in [2.05, 4.69) is 10.3 Å². The molecule has 0 unspecified atom stereocenters. The summed E-state index contributed by atoms with van der Waals surface area (Å²) in [6.45, 7) is 0. The second kappa shape index (κ2) is 5.37. The van der Waals surface area contributed by atoms with Gasteiger partial charge in [0.15, 0.2) is 0 Å². The lowest BCUT2D eigenvalue weighted by molar-refractivity contribution is -0.118.